The molecule has 3 aromatic rings. The van der Waals surface area contributed by atoms with Gasteiger partial charge in [0.05, 0.1) is 12.2 Å². The van der Waals surface area contributed by atoms with E-state index in [0.717, 1.165) is 66.8 Å². The Bertz CT molecular complexity index is 1040. The van der Waals surface area contributed by atoms with Crippen LogP contribution in [0.3, 0.4) is 0 Å². The lowest BCUT2D eigenvalue weighted by atomic mass is 9.80. The minimum atomic E-state index is 0.401. The van der Waals surface area contributed by atoms with E-state index in [0.29, 0.717) is 17.0 Å². The SMILES string of the molecule is CN1Cc2cc(Cl)ccc2-n2c(nnc2[C@H]2CC[C@H](c3cccc(Cl)n3)CC2)C1. The van der Waals surface area contributed by atoms with Crippen LogP contribution in [0.4, 0.5) is 0 Å². The van der Waals surface area contributed by atoms with Gasteiger partial charge in [-0.2, -0.15) is 0 Å². The number of fused-ring (bicyclic) bond motifs is 3. The van der Waals surface area contributed by atoms with Crippen LogP contribution in [-0.2, 0) is 13.1 Å². The fourth-order valence-electron chi connectivity index (χ4n) is 4.75. The molecule has 1 aromatic carbocycles. The van der Waals surface area contributed by atoms with E-state index >= 15 is 0 Å². The third-order valence-corrected chi connectivity index (χ3v) is 6.58. The molecule has 1 saturated carbocycles. The second-order valence-corrected chi connectivity index (χ2v) is 9.01. The summed E-state index contributed by atoms with van der Waals surface area (Å²) in [6.45, 7) is 1.63. The molecule has 0 radical (unpaired) electrons. The van der Waals surface area contributed by atoms with Gasteiger partial charge in [-0.05, 0) is 68.6 Å². The molecule has 2 aliphatic rings. The molecule has 0 spiro atoms. The Kier molecular flexibility index (Phi) is 5.06. The van der Waals surface area contributed by atoms with Gasteiger partial charge in [0.2, 0.25) is 0 Å². The molecule has 5 rings (SSSR count). The van der Waals surface area contributed by atoms with Crippen molar-refractivity contribution in [1.82, 2.24) is 24.6 Å². The van der Waals surface area contributed by atoms with Crippen molar-refractivity contribution in [3.05, 3.63) is 69.5 Å². The second-order valence-electron chi connectivity index (χ2n) is 8.19. The van der Waals surface area contributed by atoms with Crippen LogP contribution in [0.1, 0.15) is 60.4 Å². The Morgan fingerprint density at radius 3 is 2.52 bits per heavy atom. The molecule has 29 heavy (non-hydrogen) atoms. The van der Waals surface area contributed by atoms with E-state index < -0.39 is 0 Å². The number of hydrogen-bond acceptors (Lipinski definition) is 4. The fourth-order valence-corrected chi connectivity index (χ4v) is 5.11. The average molecular weight is 428 g/mol. The summed E-state index contributed by atoms with van der Waals surface area (Å²) >= 11 is 12.4. The predicted molar refractivity (Wildman–Crippen MR) is 115 cm³/mol. The topological polar surface area (TPSA) is 46.8 Å². The molecular formula is C22H23Cl2N5. The number of aromatic nitrogens is 4. The second kappa shape index (κ2) is 7.71. The quantitative estimate of drug-likeness (QED) is 0.516. The molecule has 2 aromatic heterocycles. The standard InChI is InChI=1S/C22H23Cl2N5/c1-28-12-16-11-17(23)9-10-19(16)29-21(13-28)26-27-22(29)15-7-5-14(6-8-15)18-3-2-4-20(24)25-18/h2-4,9-11,14-15H,5-8,12-13H2,1H3/t14-,15-. The first-order valence-corrected chi connectivity index (χ1v) is 10.9. The predicted octanol–water partition coefficient (Wildman–Crippen LogP) is 5.36. The van der Waals surface area contributed by atoms with E-state index in [1.165, 1.54) is 5.56 Å². The van der Waals surface area contributed by atoms with Crippen molar-refractivity contribution in [1.29, 1.82) is 0 Å². The van der Waals surface area contributed by atoms with Crippen molar-refractivity contribution in [2.75, 3.05) is 7.05 Å². The lowest BCUT2D eigenvalue weighted by Crippen LogP contribution is -2.17. The molecule has 0 atom stereocenters. The maximum Gasteiger partial charge on any atom is 0.151 e. The summed E-state index contributed by atoms with van der Waals surface area (Å²) in [6, 6.07) is 12.1. The van der Waals surface area contributed by atoms with Crippen LogP contribution < -0.4 is 0 Å². The molecule has 1 aliphatic carbocycles. The normalized spacial score (nSPS) is 22.0. The van der Waals surface area contributed by atoms with E-state index in [-0.39, 0.29) is 0 Å². The number of benzene rings is 1. The summed E-state index contributed by atoms with van der Waals surface area (Å²) in [5.41, 5.74) is 3.49. The molecular weight excluding hydrogens is 405 g/mol. The Morgan fingerprint density at radius 2 is 1.72 bits per heavy atom. The van der Waals surface area contributed by atoms with Crippen molar-refractivity contribution in [3.63, 3.8) is 0 Å². The highest BCUT2D eigenvalue weighted by atomic mass is 35.5. The molecule has 150 valence electrons. The van der Waals surface area contributed by atoms with Crippen LogP contribution in [0.15, 0.2) is 36.4 Å². The lowest BCUT2D eigenvalue weighted by Gasteiger charge is -2.28. The highest BCUT2D eigenvalue weighted by Gasteiger charge is 2.30. The third kappa shape index (κ3) is 3.67. The van der Waals surface area contributed by atoms with Gasteiger partial charge in [0.1, 0.15) is 11.0 Å². The zero-order valence-corrected chi connectivity index (χ0v) is 17.9. The summed E-state index contributed by atoms with van der Waals surface area (Å²) < 4.78 is 2.28. The first-order valence-electron chi connectivity index (χ1n) is 10.1. The fraction of sp³-hybridized carbons (Fsp3) is 0.409. The number of pyridine rings is 1. The Balaban J connectivity index is 1.44. The zero-order valence-electron chi connectivity index (χ0n) is 16.4. The lowest BCUT2D eigenvalue weighted by molar-refractivity contribution is 0.315. The zero-order chi connectivity index (χ0) is 20.0. The monoisotopic (exact) mass is 427 g/mol. The molecule has 0 bridgehead atoms. The van der Waals surface area contributed by atoms with Gasteiger partial charge in [-0.15, -0.1) is 10.2 Å². The highest BCUT2D eigenvalue weighted by molar-refractivity contribution is 6.30. The summed E-state index contributed by atoms with van der Waals surface area (Å²) in [6.07, 6.45) is 4.34. The van der Waals surface area contributed by atoms with E-state index in [2.05, 4.69) is 49.9 Å². The minimum absolute atomic E-state index is 0.401. The molecule has 0 amide bonds. The third-order valence-electron chi connectivity index (χ3n) is 6.14. The van der Waals surface area contributed by atoms with Crippen LogP contribution >= 0.6 is 23.2 Å². The van der Waals surface area contributed by atoms with Crippen molar-refractivity contribution < 1.29 is 0 Å². The van der Waals surface area contributed by atoms with Gasteiger partial charge in [0.15, 0.2) is 5.82 Å². The minimum Gasteiger partial charge on any atom is -0.295 e. The van der Waals surface area contributed by atoms with Gasteiger partial charge in [0, 0.05) is 29.1 Å². The van der Waals surface area contributed by atoms with Crippen LogP contribution in [0.2, 0.25) is 10.2 Å². The number of halogens is 2. The maximum atomic E-state index is 6.28. The Hall–Kier alpha value is -1.95. The van der Waals surface area contributed by atoms with E-state index in [1.54, 1.807) is 0 Å². The van der Waals surface area contributed by atoms with Crippen molar-refractivity contribution in [2.45, 2.75) is 50.6 Å². The first kappa shape index (κ1) is 19.0. The molecule has 7 heteroatoms. The first-order chi connectivity index (χ1) is 14.1. The van der Waals surface area contributed by atoms with Crippen LogP contribution in [0.25, 0.3) is 5.69 Å². The largest absolute Gasteiger partial charge is 0.295 e. The van der Waals surface area contributed by atoms with Crippen LogP contribution in [0, 0.1) is 0 Å². The Labute approximate surface area is 180 Å². The van der Waals surface area contributed by atoms with Gasteiger partial charge in [0.25, 0.3) is 0 Å². The molecule has 5 nitrogen and oxygen atoms in total. The van der Waals surface area contributed by atoms with Gasteiger partial charge >= 0.3 is 0 Å². The molecule has 0 N–H and O–H groups in total. The molecule has 1 aliphatic heterocycles. The van der Waals surface area contributed by atoms with Crippen molar-refractivity contribution >= 4 is 23.2 Å². The molecule has 1 fully saturated rings. The van der Waals surface area contributed by atoms with E-state index in [1.807, 2.05) is 18.2 Å². The summed E-state index contributed by atoms with van der Waals surface area (Å²) in [5, 5.41) is 10.6. The maximum absolute atomic E-state index is 6.28. The van der Waals surface area contributed by atoms with Gasteiger partial charge in [-0.3, -0.25) is 9.47 Å². The van der Waals surface area contributed by atoms with E-state index in [4.69, 9.17) is 23.2 Å². The van der Waals surface area contributed by atoms with Crippen LogP contribution in [0.5, 0.6) is 0 Å². The van der Waals surface area contributed by atoms with Gasteiger partial charge in [-0.1, -0.05) is 29.3 Å². The smallest absolute Gasteiger partial charge is 0.151 e. The molecule has 3 heterocycles. The summed E-state index contributed by atoms with van der Waals surface area (Å²) in [7, 11) is 2.11. The molecule has 0 saturated heterocycles. The van der Waals surface area contributed by atoms with Gasteiger partial charge in [-0.25, -0.2) is 4.98 Å². The molecule has 0 unspecified atom stereocenters. The van der Waals surface area contributed by atoms with E-state index in [9.17, 15) is 0 Å². The Morgan fingerprint density at radius 1 is 0.931 bits per heavy atom. The van der Waals surface area contributed by atoms with Crippen LogP contribution in [-0.4, -0.2) is 31.7 Å². The average Bonchev–Trinajstić information content (AvgIpc) is 3.05. The summed E-state index contributed by atoms with van der Waals surface area (Å²) in [4.78, 5) is 6.79. The highest BCUT2D eigenvalue weighted by Crippen LogP contribution is 2.41. The van der Waals surface area contributed by atoms with Crippen molar-refractivity contribution in [3.8, 4) is 5.69 Å². The van der Waals surface area contributed by atoms with Crippen molar-refractivity contribution in [2.24, 2.45) is 0 Å². The number of nitrogens with zero attached hydrogens (tertiary/aromatic N) is 5. The number of rotatable bonds is 2. The van der Waals surface area contributed by atoms with Gasteiger partial charge < -0.3 is 0 Å². The summed E-state index contributed by atoms with van der Waals surface area (Å²) in [5.74, 6) is 2.95. The number of hydrogen-bond donors (Lipinski definition) is 0.